The second-order valence-electron chi connectivity index (χ2n) is 25.0. The normalized spacial score (nSPS) is 13.1. The van der Waals surface area contributed by atoms with Gasteiger partial charge in [-0.3, -0.25) is 9.59 Å². The van der Waals surface area contributed by atoms with Crippen LogP contribution in [0.2, 0.25) is 0 Å². The van der Waals surface area contributed by atoms with Gasteiger partial charge in [-0.15, -0.1) is 0 Å². The van der Waals surface area contributed by atoms with Crippen LogP contribution in [0.15, 0.2) is 158 Å². The third-order valence-corrected chi connectivity index (χ3v) is 16.3. The Labute approximate surface area is 558 Å². The lowest BCUT2D eigenvalue weighted by atomic mass is 10.0. The maximum absolute atomic E-state index is 12.4. The van der Waals surface area contributed by atoms with E-state index in [2.05, 4.69) is 172 Å². The van der Waals surface area contributed by atoms with Crippen LogP contribution in [0.4, 0.5) is 0 Å². The zero-order chi connectivity index (χ0) is 64.7. The fourth-order valence-electron chi connectivity index (χ4n) is 10.7. The monoisotopic (exact) mass is 1240 g/mol. The molecule has 0 saturated heterocycles. The predicted molar refractivity (Wildman–Crippen MR) is 398 cm³/mol. The molecule has 5 heteroatoms. The minimum absolute atomic E-state index is 0.0743. The van der Waals surface area contributed by atoms with E-state index in [1.54, 1.807) is 0 Å². The molecule has 0 aromatic heterocycles. The van der Waals surface area contributed by atoms with Crippen molar-refractivity contribution in [2.45, 2.75) is 354 Å². The molecule has 0 bridgehead atoms. The van der Waals surface area contributed by atoms with Crippen LogP contribution in [0.1, 0.15) is 348 Å². The SMILES string of the molecule is CC/C=C\C/C=C\C/C=C\C/C=C\C/C=C\C/C=C\C/C=C\C/C=C\C/C=C\C/C=C\CCCCCCCCCCC(=O)OC(CO)COC(=O)CCCCCCCCCCCCCCCCCCCCCCCC/C=C\C/C=C\C/C=C\CCCCCCC. The molecule has 512 valence electrons. The molecule has 0 spiro atoms. The Kier molecular flexibility index (Phi) is 74.8. The summed E-state index contributed by atoms with van der Waals surface area (Å²) < 4.78 is 10.8. The molecule has 0 rings (SSSR count). The molecule has 1 N–H and O–H groups in total. The fourth-order valence-corrected chi connectivity index (χ4v) is 10.7. The maximum atomic E-state index is 12.4. The van der Waals surface area contributed by atoms with Crippen molar-refractivity contribution >= 4 is 11.9 Å². The number of allylic oxidation sites excluding steroid dienone is 26. The van der Waals surface area contributed by atoms with Crippen LogP contribution in [0.25, 0.3) is 0 Å². The Bertz CT molecular complexity index is 1900. The highest BCUT2D eigenvalue weighted by Crippen LogP contribution is 2.18. The maximum Gasteiger partial charge on any atom is 0.306 e. The molecular weight excluding hydrogens is 1100 g/mol. The number of unbranched alkanes of at least 4 members (excludes halogenated alkanes) is 35. The van der Waals surface area contributed by atoms with Crippen LogP contribution >= 0.6 is 0 Å². The van der Waals surface area contributed by atoms with Crippen molar-refractivity contribution in [2.24, 2.45) is 0 Å². The Morgan fingerprint density at radius 2 is 0.478 bits per heavy atom. The van der Waals surface area contributed by atoms with Gasteiger partial charge in [0, 0.05) is 12.8 Å². The molecule has 0 fully saturated rings. The van der Waals surface area contributed by atoms with Crippen molar-refractivity contribution in [1.29, 1.82) is 0 Å². The van der Waals surface area contributed by atoms with Crippen molar-refractivity contribution < 1.29 is 24.2 Å². The van der Waals surface area contributed by atoms with E-state index in [1.807, 2.05) is 0 Å². The molecule has 0 heterocycles. The first-order valence-electron chi connectivity index (χ1n) is 38.0. The number of carbonyl (C=O) groups is 2. The molecular formula is C85H142O5. The molecule has 0 radical (unpaired) electrons. The van der Waals surface area contributed by atoms with Gasteiger partial charge in [0.2, 0.25) is 0 Å². The molecule has 90 heavy (non-hydrogen) atoms. The number of hydrogen-bond acceptors (Lipinski definition) is 5. The zero-order valence-corrected chi connectivity index (χ0v) is 58.9. The molecule has 0 aliphatic rings. The van der Waals surface area contributed by atoms with E-state index in [-0.39, 0.29) is 25.2 Å². The van der Waals surface area contributed by atoms with E-state index >= 15 is 0 Å². The summed E-state index contributed by atoms with van der Waals surface area (Å²) in [5.74, 6) is -0.596. The molecule has 5 nitrogen and oxygen atoms in total. The molecule has 0 aromatic rings. The van der Waals surface area contributed by atoms with Crippen molar-refractivity contribution in [1.82, 2.24) is 0 Å². The average Bonchev–Trinajstić information content (AvgIpc) is 3.59. The molecule has 1 unspecified atom stereocenters. The van der Waals surface area contributed by atoms with Crippen molar-refractivity contribution in [3.8, 4) is 0 Å². The van der Waals surface area contributed by atoms with Crippen LogP contribution in [0.5, 0.6) is 0 Å². The Balaban J connectivity index is 3.52. The first-order chi connectivity index (χ1) is 44.6. The lowest BCUT2D eigenvalue weighted by Gasteiger charge is -2.15. The van der Waals surface area contributed by atoms with Crippen LogP contribution in [0.3, 0.4) is 0 Å². The first kappa shape index (κ1) is 85.5. The summed E-state index contributed by atoms with van der Waals surface area (Å²) >= 11 is 0. The third-order valence-electron chi connectivity index (χ3n) is 16.3. The van der Waals surface area contributed by atoms with Crippen molar-refractivity contribution in [2.75, 3.05) is 13.2 Å². The van der Waals surface area contributed by atoms with E-state index in [0.717, 1.165) is 122 Å². The van der Waals surface area contributed by atoms with Gasteiger partial charge in [0.05, 0.1) is 6.61 Å². The second kappa shape index (κ2) is 78.8. The third kappa shape index (κ3) is 76.0. The summed E-state index contributed by atoms with van der Waals surface area (Å²) in [5, 5.41) is 9.72. The van der Waals surface area contributed by atoms with Gasteiger partial charge in [-0.25, -0.2) is 0 Å². The Morgan fingerprint density at radius 1 is 0.267 bits per heavy atom. The lowest BCUT2D eigenvalue weighted by Crippen LogP contribution is -2.28. The number of esters is 2. The highest BCUT2D eigenvalue weighted by Gasteiger charge is 2.16. The summed E-state index contributed by atoms with van der Waals surface area (Å²) in [6, 6.07) is 0. The van der Waals surface area contributed by atoms with Crippen molar-refractivity contribution in [3.05, 3.63) is 158 Å². The molecule has 1 atom stereocenters. The Morgan fingerprint density at radius 3 is 0.722 bits per heavy atom. The molecule has 0 aliphatic heterocycles. The fraction of sp³-hybridized carbons (Fsp3) is 0.671. The molecule has 0 aliphatic carbocycles. The van der Waals surface area contributed by atoms with Crippen LogP contribution in [-0.2, 0) is 19.1 Å². The minimum Gasteiger partial charge on any atom is -0.462 e. The van der Waals surface area contributed by atoms with Gasteiger partial charge >= 0.3 is 11.9 Å². The second-order valence-corrected chi connectivity index (χ2v) is 25.0. The van der Waals surface area contributed by atoms with Gasteiger partial charge in [-0.2, -0.15) is 0 Å². The number of aliphatic hydroxyl groups excluding tert-OH is 1. The summed E-state index contributed by atoms with van der Waals surface area (Å²) in [6.07, 6.45) is 120. The van der Waals surface area contributed by atoms with Gasteiger partial charge in [0.15, 0.2) is 6.10 Å². The van der Waals surface area contributed by atoms with E-state index in [1.165, 1.54) is 199 Å². The zero-order valence-electron chi connectivity index (χ0n) is 58.9. The number of aliphatic hydroxyl groups is 1. The van der Waals surface area contributed by atoms with E-state index in [9.17, 15) is 14.7 Å². The van der Waals surface area contributed by atoms with Gasteiger partial charge in [0.25, 0.3) is 0 Å². The lowest BCUT2D eigenvalue weighted by molar-refractivity contribution is -0.161. The summed E-state index contributed by atoms with van der Waals surface area (Å²) in [4.78, 5) is 24.7. The highest BCUT2D eigenvalue weighted by molar-refractivity contribution is 5.70. The largest absolute Gasteiger partial charge is 0.462 e. The van der Waals surface area contributed by atoms with E-state index in [4.69, 9.17) is 9.47 Å². The van der Waals surface area contributed by atoms with Crippen LogP contribution in [0, 0.1) is 0 Å². The Hall–Kier alpha value is -4.48. The topological polar surface area (TPSA) is 72.8 Å². The standard InChI is InChI=1S/C85H142O5/c1-3-5-7-9-11-13-15-17-19-21-23-25-27-29-31-33-35-37-39-41-42-44-46-48-50-52-54-56-58-60-62-64-66-68-70-72-74-76-78-80-85(88)90-83(81-86)82-89-84(87)79-77-75-73-71-69-67-65-63-61-59-57-55-53-51-49-47-45-43-40-38-36-34-32-30-28-26-24-22-20-18-16-14-12-10-8-6-4-2/h5,7,11,13,16-19,22-25,28-31,35,37,41-42,46,48,52,54,58,60,83,86H,3-4,6,8-10,12,14-15,20-21,26-27,32-34,36,38-40,43-45,47,49-51,53,55-57,59,61-82H2,1-2H3/b7-5-,13-11-,18-16-,19-17-,24-22-,25-23-,30-28-,31-29-,37-35-,42-41-,48-46-,54-52-,60-58-. The summed E-state index contributed by atoms with van der Waals surface area (Å²) in [7, 11) is 0. The minimum atomic E-state index is -0.787. The predicted octanol–water partition coefficient (Wildman–Crippen LogP) is 27.0. The highest BCUT2D eigenvalue weighted by atomic mass is 16.6. The van der Waals surface area contributed by atoms with Gasteiger partial charge in [0.1, 0.15) is 6.61 Å². The first-order valence-corrected chi connectivity index (χ1v) is 38.0. The number of ether oxygens (including phenoxy) is 2. The summed E-state index contributed by atoms with van der Waals surface area (Å²) in [5.41, 5.74) is 0. The van der Waals surface area contributed by atoms with E-state index < -0.39 is 6.10 Å². The molecule has 0 aromatic carbocycles. The van der Waals surface area contributed by atoms with Gasteiger partial charge < -0.3 is 14.6 Å². The van der Waals surface area contributed by atoms with Crippen LogP contribution in [-0.4, -0.2) is 36.4 Å². The van der Waals surface area contributed by atoms with Gasteiger partial charge in [-0.05, 0) is 128 Å². The molecule has 0 amide bonds. The number of carbonyl (C=O) groups excluding carboxylic acids is 2. The number of hydrogen-bond donors (Lipinski definition) is 1. The average molecular weight is 1240 g/mol. The van der Waals surface area contributed by atoms with E-state index in [0.29, 0.717) is 12.8 Å². The van der Waals surface area contributed by atoms with Gasteiger partial charge in [-0.1, -0.05) is 364 Å². The molecule has 0 saturated carbocycles. The quantitative estimate of drug-likeness (QED) is 0.0373. The summed E-state index contributed by atoms with van der Waals surface area (Å²) in [6.45, 7) is 4.03. The number of rotatable bonds is 69. The smallest absolute Gasteiger partial charge is 0.306 e. The van der Waals surface area contributed by atoms with Crippen molar-refractivity contribution in [3.63, 3.8) is 0 Å². The van der Waals surface area contributed by atoms with Crippen LogP contribution < -0.4 is 0 Å².